The van der Waals surface area contributed by atoms with E-state index in [1.165, 1.54) is 28.0 Å². The Morgan fingerprint density at radius 3 is 2.50 bits per heavy atom. The third kappa shape index (κ3) is 3.62. The minimum Gasteiger partial charge on any atom is -1.00 e. The summed E-state index contributed by atoms with van der Waals surface area (Å²) < 4.78 is -0.703. The summed E-state index contributed by atoms with van der Waals surface area (Å²) in [7, 11) is 0. The molecule has 1 aromatic rings. The number of rotatable bonds is 5. The van der Waals surface area contributed by atoms with Gasteiger partial charge in [-0.1, -0.05) is 0 Å². The molecule has 2 saturated heterocycles. The van der Waals surface area contributed by atoms with Crippen LogP contribution in [-0.4, -0.2) is 61.1 Å². The van der Waals surface area contributed by atoms with Crippen LogP contribution in [0.4, 0.5) is 0 Å². The SMILES string of the molecule is CC1(C)S[C@@H]2[C@H](NC(=O)[C@H](C(=O)O)c3ccsc3)C(=O)N2[C@H]1C(=O)O.[H-].[K+]. The van der Waals surface area contributed by atoms with Crippen molar-refractivity contribution in [3.63, 3.8) is 0 Å². The van der Waals surface area contributed by atoms with Crippen LogP contribution in [0.5, 0.6) is 0 Å². The summed E-state index contributed by atoms with van der Waals surface area (Å²) in [6.07, 6.45) is 0. The van der Waals surface area contributed by atoms with E-state index in [0.717, 1.165) is 0 Å². The number of nitrogens with one attached hydrogen (secondary N) is 1. The van der Waals surface area contributed by atoms with Crippen molar-refractivity contribution in [3.05, 3.63) is 22.4 Å². The van der Waals surface area contributed by atoms with Crippen LogP contribution in [0.3, 0.4) is 0 Å². The number of hydrogen-bond acceptors (Lipinski definition) is 6. The molecule has 0 aliphatic carbocycles. The zero-order chi connectivity index (χ0) is 18.5. The van der Waals surface area contributed by atoms with Crippen LogP contribution in [0.25, 0.3) is 0 Å². The topological polar surface area (TPSA) is 124 Å². The van der Waals surface area contributed by atoms with Crippen LogP contribution in [0, 0.1) is 0 Å². The van der Waals surface area contributed by atoms with Crippen molar-refractivity contribution in [2.45, 2.75) is 42.0 Å². The van der Waals surface area contributed by atoms with Gasteiger partial charge in [0.05, 0.1) is 0 Å². The van der Waals surface area contributed by atoms with Crippen LogP contribution >= 0.6 is 23.1 Å². The van der Waals surface area contributed by atoms with Gasteiger partial charge in [0.1, 0.15) is 17.5 Å². The molecule has 3 rings (SSSR count). The van der Waals surface area contributed by atoms with Crippen LogP contribution < -0.4 is 56.7 Å². The summed E-state index contributed by atoms with van der Waals surface area (Å²) in [5, 5.41) is 23.9. The molecule has 1 aromatic heterocycles. The standard InChI is InChI=1S/C15H16N2O6S2.K.H/c1-15(2)9(14(22)23)17-11(19)8(12(17)25-15)16-10(18)7(13(20)21)6-3-4-24-5-6;;/h3-5,7-9,12H,1-2H3,(H,16,18)(H,20,21)(H,22,23);;/q;+1;-1/t7-,8-,9+,12-;;/m1../s1. The maximum absolute atomic E-state index is 12.4. The van der Waals surface area contributed by atoms with Crippen LogP contribution in [-0.2, 0) is 19.2 Å². The van der Waals surface area contributed by atoms with Crippen molar-refractivity contribution in [1.82, 2.24) is 10.2 Å². The van der Waals surface area contributed by atoms with Gasteiger partial charge < -0.3 is 21.9 Å². The van der Waals surface area contributed by atoms with Crippen molar-refractivity contribution >= 4 is 46.9 Å². The molecule has 2 amide bonds. The first-order valence-electron chi connectivity index (χ1n) is 7.43. The smallest absolute Gasteiger partial charge is 1.00 e. The minimum absolute atomic E-state index is 0. The maximum Gasteiger partial charge on any atom is 1.00 e. The quantitative estimate of drug-likeness (QED) is 0.275. The molecule has 0 bridgehead atoms. The molecule has 3 heterocycles. The number of aliphatic carboxylic acids is 2. The Kier molecular flexibility index (Phi) is 6.64. The first kappa shape index (κ1) is 21.9. The van der Waals surface area contributed by atoms with Crippen molar-refractivity contribution in [3.8, 4) is 0 Å². The van der Waals surface area contributed by atoms with Crippen molar-refractivity contribution in [2.75, 3.05) is 0 Å². The molecule has 0 radical (unpaired) electrons. The number of fused-ring (bicyclic) bond motifs is 1. The molecule has 4 atom stereocenters. The zero-order valence-corrected chi connectivity index (χ0v) is 19.1. The summed E-state index contributed by atoms with van der Waals surface area (Å²) >= 11 is 2.56. The van der Waals surface area contributed by atoms with Gasteiger partial charge in [0.15, 0.2) is 5.92 Å². The van der Waals surface area contributed by atoms with Gasteiger partial charge in [-0.2, -0.15) is 11.3 Å². The molecule has 136 valence electrons. The zero-order valence-electron chi connectivity index (χ0n) is 15.3. The number of thiophene rings is 1. The van der Waals surface area contributed by atoms with E-state index in [0.29, 0.717) is 5.56 Å². The number of nitrogens with zero attached hydrogens (tertiary/aromatic N) is 1. The molecule has 0 spiro atoms. The van der Waals surface area contributed by atoms with Gasteiger partial charge in [0.25, 0.3) is 0 Å². The van der Waals surface area contributed by atoms with E-state index in [1.807, 2.05) is 0 Å². The van der Waals surface area contributed by atoms with Crippen LogP contribution in [0.15, 0.2) is 16.8 Å². The average molecular weight is 425 g/mol. The van der Waals surface area contributed by atoms with Gasteiger partial charge in [-0.05, 0) is 36.2 Å². The second-order valence-electron chi connectivity index (χ2n) is 6.41. The summed E-state index contributed by atoms with van der Waals surface area (Å²) in [5.74, 6) is -5.08. The Bertz CT molecular complexity index is 759. The van der Waals surface area contributed by atoms with Gasteiger partial charge in [0, 0.05) is 4.75 Å². The first-order chi connectivity index (χ1) is 11.6. The average Bonchev–Trinajstić information content (AvgIpc) is 3.09. The molecule has 0 unspecified atom stereocenters. The van der Waals surface area contributed by atoms with Crippen LogP contribution in [0.1, 0.15) is 26.8 Å². The molecule has 11 heteroatoms. The minimum atomic E-state index is -1.40. The normalized spacial score (nSPS) is 26.9. The van der Waals surface area contributed by atoms with Crippen molar-refractivity contribution in [1.29, 1.82) is 0 Å². The Balaban J connectivity index is 0.00000182. The van der Waals surface area contributed by atoms with Crippen molar-refractivity contribution in [2.24, 2.45) is 0 Å². The van der Waals surface area contributed by atoms with Crippen molar-refractivity contribution < 1.29 is 82.2 Å². The summed E-state index contributed by atoms with van der Waals surface area (Å²) in [6.45, 7) is 3.46. The van der Waals surface area contributed by atoms with Gasteiger partial charge in [-0.25, -0.2) is 4.79 Å². The molecular weight excluding hydrogens is 407 g/mol. The molecule has 2 aliphatic rings. The first-order valence-corrected chi connectivity index (χ1v) is 9.25. The second kappa shape index (κ2) is 7.90. The molecule has 0 saturated carbocycles. The molecule has 26 heavy (non-hydrogen) atoms. The van der Waals surface area contributed by atoms with E-state index in [-0.39, 0.29) is 52.8 Å². The van der Waals surface area contributed by atoms with E-state index < -0.39 is 51.9 Å². The fourth-order valence-electron chi connectivity index (χ4n) is 3.23. The summed E-state index contributed by atoms with van der Waals surface area (Å²) in [4.78, 5) is 48.9. The molecule has 2 fully saturated rings. The molecule has 0 aromatic carbocycles. The molecule has 3 N–H and O–H groups in total. The van der Waals surface area contributed by atoms with Gasteiger partial charge in [0.2, 0.25) is 11.8 Å². The van der Waals surface area contributed by atoms with E-state index in [4.69, 9.17) is 0 Å². The van der Waals surface area contributed by atoms with E-state index in [1.54, 1.807) is 30.7 Å². The van der Waals surface area contributed by atoms with Crippen LogP contribution in [0.2, 0.25) is 0 Å². The van der Waals surface area contributed by atoms with Gasteiger partial charge >= 0.3 is 63.3 Å². The third-order valence-electron chi connectivity index (χ3n) is 4.36. The largest absolute Gasteiger partial charge is 1.00 e. The number of β-lactam (4-membered cyclic amide) rings is 1. The van der Waals surface area contributed by atoms with Gasteiger partial charge in [-0.3, -0.25) is 14.4 Å². The maximum atomic E-state index is 12.4. The number of thioether (sulfide) groups is 1. The Labute approximate surface area is 201 Å². The fraction of sp³-hybridized carbons (Fsp3) is 0.467. The summed E-state index contributed by atoms with van der Waals surface area (Å²) in [6, 6.07) is -0.344. The number of carboxylic acid groups (broad SMARTS) is 2. The molecular formula is C15H17KN2O6S2. The Morgan fingerprint density at radius 1 is 1.35 bits per heavy atom. The van der Waals surface area contributed by atoms with E-state index in [9.17, 15) is 29.4 Å². The number of carboxylic acids is 2. The third-order valence-corrected chi connectivity index (χ3v) is 6.63. The number of hydrogen-bond donors (Lipinski definition) is 3. The Morgan fingerprint density at radius 2 is 2.00 bits per heavy atom. The monoisotopic (exact) mass is 424 g/mol. The van der Waals surface area contributed by atoms with Gasteiger partial charge in [-0.15, -0.1) is 11.8 Å². The number of carbonyl (C=O) groups excluding carboxylic acids is 2. The molecule has 2 aliphatic heterocycles. The van der Waals surface area contributed by atoms with E-state index in [2.05, 4.69) is 5.32 Å². The fourth-order valence-corrected chi connectivity index (χ4v) is 5.54. The number of amides is 2. The Hall–Kier alpha value is -0.434. The molecule has 8 nitrogen and oxygen atoms in total. The summed E-state index contributed by atoms with van der Waals surface area (Å²) in [5.41, 5.74) is 0.349. The predicted molar refractivity (Wildman–Crippen MR) is 91.5 cm³/mol. The van der Waals surface area contributed by atoms with E-state index >= 15 is 0 Å². The predicted octanol–water partition coefficient (Wildman–Crippen LogP) is -2.34. The number of carbonyl (C=O) groups is 4. The second-order valence-corrected chi connectivity index (χ2v) is 8.96.